The molecule has 0 aliphatic heterocycles. The van der Waals surface area contributed by atoms with Crippen molar-refractivity contribution in [3.8, 4) is 11.3 Å². The van der Waals surface area contributed by atoms with Crippen molar-refractivity contribution < 1.29 is 4.57 Å². The van der Waals surface area contributed by atoms with Crippen molar-refractivity contribution >= 4 is 28.7 Å². The van der Waals surface area contributed by atoms with Gasteiger partial charge < -0.3 is 5.73 Å². The van der Waals surface area contributed by atoms with E-state index in [-0.39, 0.29) is 0 Å². The van der Waals surface area contributed by atoms with Crippen molar-refractivity contribution in [3.05, 3.63) is 96.1 Å². The summed E-state index contributed by atoms with van der Waals surface area (Å²) in [5.41, 5.74) is 12.5. The van der Waals surface area contributed by atoms with Gasteiger partial charge in [0.25, 0.3) is 0 Å². The maximum Gasteiger partial charge on any atom is 0.213 e. The van der Waals surface area contributed by atoms with E-state index in [9.17, 15) is 0 Å². The van der Waals surface area contributed by atoms with Gasteiger partial charge in [-0.25, -0.2) is 0 Å². The molecule has 2 nitrogen and oxygen atoms in total. The van der Waals surface area contributed by atoms with E-state index in [1.165, 1.54) is 27.7 Å². The van der Waals surface area contributed by atoms with Gasteiger partial charge >= 0.3 is 0 Å². The second-order valence-corrected chi connectivity index (χ2v) is 6.43. The molecule has 0 saturated heterocycles. The zero-order valence-electron chi connectivity index (χ0n) is 14.8. The van der Waals surface area contributed by atoms with Crippen LogP contribution in [0.15, 0.2) is 84.9 Å². The molecule has 4 rings (SSSR count). The van der Waals surface area contributed by atoms with Gasteiger partial charge in [0.1, 0.15) is 7.05 Å². The number of aryl methyl sites for hydroxylation is 1. The molecule has 0 unspecified atom stereocenters. The summed E-state index contributed by atoms with van der Waals surface area (Å²) in [6, 6.07) is 29.2. The first kappa shape index (κ1) is 16.1. The number of aromatic nitrogens is 1. The second-order valence-electron chi connectivity index (χ2n) is 6.43. The van der Waals surface area contributed by atoms with Gasteiger partial charge in [0, 0.05) is 23.4 Å². The van der Waals surface area contributed by atoms with Gasteiger partial charge in [0.15, 0.2) is 0 Å². The minimum atomic E-state index is 0.783. The van der Waals surface area contributed by atoms with Crippen molar-refractivity contribution in [2.75, 3.05) is 5.73 Å². The molecule has 2 heteroatoms. The van der Waals surface area contributed by atoms with Crippen LogP contribution in [0.25, 0.3) is 34.3 Å². The SMILES string of the molecule is C[n+]1c(-c2ccccc2)cc(/C=C\c2ccc(N)cc2)c2ccccc21. The van der Waals surface area contributed by atoms with E-state index in [4.69, 9.17) is 5.73 Å². The number of nitrogen functional groups attached to an aromatic ring is 1. The molecule has 0 aliphatic carbocycles. The summed E-state index contributed by atoms with van der Waals surface area (Å²) >= 11 is 0. The number of anilines is 1. The van der Waals surface area contributed by atoms with Crippen LogP contribution >= 0.6 is 0 Å². The van der Waals surface area contributed by atoms with Crippen LogP contribution in [-0.2, 0) is 7.05 Å². The number of fused-ring (bicyclic) bond motifs is 1. The maximum atomic E-state index is 5.78. The Morgan fingerprint density at radius 3 is 2.23 bits per heavy atom. The predicted molar refractivity (Wildman–Crippen MR) is 110 cm³/mol. The van der Waals surface area contributed by atoms with Crippen molar-refractivity contribution in [3.63, 3.8) is 0 Å². The first-order valence-electron chi connectivity index (χ1n) is 8.73. The van der Waals surface area contributed by atoms with E-state index < -0.39 is 0 Å². The van der Waals surface area contributed by atoms with E-state index in [1.54, 1.807) is 0 Å². The Bertz CT molecular complexity index is 1080. The van der Waals surface area contributed by atoms with Crippen LogP contribution in [0.1, 0.15) is 11.1 Å². The molecule has 0 bridgehead atoms. The van der Waals surface area contributed by atoms with Crippen LogP contribution in [0.5, 0.6) is 0 Å². The van der Waals surface area contributed by atoms with Crippen LogP contribution in [-0.4, -0.2) is 0 Å². The highest BCUT2D eigenvalue weighted by Crippen LogP contribution is 2.24. The van der Waals surface area contributed by atoms with Crippen LogP contribution in [0, 0.1) is 0 Å². The van der Waals surface area contributed by atoms with Gasteiger partial charge in [-0.1, -0.05) is 54.6 Å². The highest BCUT2D eigenvalue weighted by atomic mass is 14.9. The minimum absolute atomic E-state index is 0.783. The molecule has 1 heterocycles. The van der Waals surface area contributed by atoms with Gasteiger partial charge in [-0.15, -0.1) is 0 Å². The third-order valence-electron chi connectivity index (χ3n) is 4.69. The van der Waals surface area contributed by atoms with Crippen LogP contribution in [0.4, 0.5) is 5.69 Å². The third kappa shape index (κ3) is 3.09. The van der Waals surface area contributed by atoms with Gasteiger partial charge in [-0.3, -0.25) is 0 Å². The molecule has 26 heavy (non-hydrogen) atoms. The maximum absolute atomic E-state index is 5.78. The Morgan fingerprint density at radius 2 is 1.46 bits per heavy atom. The van der Waals surface area contributed by atoms with Crippen LogP contribution in [0.3, 0.4) is 0 Å². The number of para-hydroxylation sites is 1. The van der Waals surface area contributed by atoms with Gasteiger partial charge in [0.2, 0.25) is 11.2 Å². The largest absolute Gasteiger partial charge is 0.399 e. The van der Waals surface area contributed by atoms with E-state index in [0.29, 0.717) is 0 Å². The number of rotatable bonds is 3. The average Bonchev–Trinajstić information content (AvgIpc) is 2.69. The lowest BCUT2D eigenvalue weighted by molar-refractivity contribution is -0.633. The lowest BCUT2D eigenvalue weighted by Crippen LogP contribution is -2.32. The Hall–Kier alpha value is -3.39. The standard InChI is InChI=1S/C24H20N2/c1-26-23-10-6-5-9-22(23)20(14-11-18-12-15-21(25)16-13-18)17-24(26)19-7-3-2-4-8-19/h2-17,25H,1H3/p+1. The first-order chi connectivity index (χ1) is 12.7. The van der Waals surface area contributed by atoms with E-state index in [2.05, 4.69) is 78.4 Å². The monoisotopic (exact) mass is 337 g/mol. The van der Waals surface area contributed by atoms with E-state index in [0.717, 1.165) is 11.3 Å². The van der Waals surface area contributed by atoms with E-state index >= 15 is 0 Å². The Balaban J connectivity index is 1.88. The molecule has 0 atom stereocenters. The second kappa shape index (κ2) is 6.85. The topological polar surface area (TPSA) is 29.9 Å². The van der Waals surface area contributed by atoms with Gasteiger partial charge in [-0.05, 0) is 41.5 Å². The van der Waals surface area contributed by atoms with E-state index in [1.807, 2.05) is 30.3 Å². The number of benzene rings is 3. The molecular weight excluding hydrogens is 316 g/mol. The summed E-state index contributed by atoms with van der Waals surface area (Å²) in [6.07, 6.45) is 4.32. The molecule has 0 spiro atoms. The summed E-state index contributed by atoms with van der Waals surface area (Å²) in [4.78, 5) is 0. The molecule has 2 N–H and O–H groups in total. The fraction of sp³-hybridized carbons (Fsp3) is 0.0417. The average molecular weight is 337 g/mol. The van der Waals surface area contributed by atoms with Crippen molar-refractivity contribution in [2.24, 2.45) is 7.05 Å². The molecule has 4 aromatic rings. The lowest BCUT2D eigenvalue weighted by atomic mass is 10.0. The predicted octanol–water partition coefficient (Wildman–Crippen LogP) is 5.08. The normalized spacial score (nSPS) is 11.3. The minimum Gasteiger partial charge on any atom is -0.399 e. The molecule has 0 aliphatic rings. The van der Waals surface area contributed by atoms with Gasteiger partial charge in [0.05, 0.1) is 5.39 Å². The number of pyridine rings is 1. The summed E-state index contributed by atoms with van der Waals surface area (Å²) in [5, 5.41) is 1.24. The summed E-state index contributed by atoms with van der Waals surface area (Å²) < 4.78 is 2.26. The molecular formula is C24H21N2+. The molecule has 0 fully saturated rings. The molecule has 0 radical (unpaired) electrons. The first-order valence-corrected chi connectivity index (χ1v) is 8.73. The Morgan fingerprint density at radius 1 is 0.769 bits per heavy atom. The quantitative estimate of drug-likeness (QED) is 0.410. The number of nitrogens with two attached hydrogens (primary N) is 1. The van der Waals surface area contributed by atoms with Crippen molar-refractivity contribution in [2.45, 2.75) is 0 Å². The number of nitrogens with zero attached hydrogens (tertiary/aromatic N) is 1. The van der Waals surface area contributed by atoms with Crippen LogP contribution < -0.4 is 10.3 Å². The highest BCUT2D eigenvalue weighted by molar-refractivity contribution is 5.90. The third-order valence-corrected chi connectivity index (χ3v) is 4.69. The highest BCUT2D eigenvalue weighted by Gasteiger charge is 2.16. The zero-order valence-corrected chi connectivity index (χ0v) is 14.8. The fourth-order valence-electron chi connectivity index (χ4n) is 3.28. The fourth-order valence-corrected chi connectivity index (χ4v) is 3.28. The summed E-state index contributed by atoms with van der Waals surface area (Å²) in [7, 11) is 2.12. The molecule has 126 valence electrons. The van der Waals surface area contributed by atoms with Crippen molar-refractivity contribution in [1.82, 2.24) is 0 Å². The van der Waals surface area contributed by atoms with Crippen molar-refractivity contribution in [1.29, 1.82) is 0 Å². The van der Waals surface area contributed by atoms with Crippen LogP contribution in [0.2, 0.25) is 0 Å². The Kier molecular flexibility index (Phi) is 4.24. The number of hydrogen-bond donors (Lipinski definition) is 1. The molecule has 3 aromatic carbocycles. The Labute approximate surface area is 153 Å². The molecule has 0 amide bonds. The molecule has 0 saturated carbocycles. The molecule has 1 aromatic heterocycles. The van der Waals surface area contributed by atoms with Gasteiger partial charge in [-0.2, -0.15) is 4.57 Å². The zero-order chi connectivity index (χ0) is 17.9. The smallest absolute Gasteiger partial charge is 0.213 e. The summed E-state index contributed by atoms with van der Waals surface area (Å²) in [5.74, 6) is 0. The summed E-state index contributed by atoms with van der Waals surface area (Å²) in [6.45, 7) is 0. The number of hydrogen-bond acceptors (Lipinski definition) is 1. The lowest BCUT2D eigenvalue weighted by Gasteiger charge is -2.07.